The minimum atomic E-state index is 0.179. The number of carbonyl (C=O) groups excluding carboxylic acids is 1. The maximum Gasteiger partial charge on any atom is 0.246 e. The number of piperidine rings is 1. The lowest BCUT2D eigenvalue weighted by molar-refractivity contribution is -0.127. The highest BCUT2D eigenvalue weighted by Crippen LogP contribution is 2.21. The normalized spacial score (nSPS) is 16.2. The Kier molecular flexibility index (Phi) is 4.78. The third-order valence-corrected chi connectivity index (χ3v) is 3.71. The van der Waals surface area contributed by atoms with E-state index in [4.69, 9.17) is 0 Å². The summed E-state index contributed by atoms with van der Waals surface area (Å²) in [6, 6.07) is 10.7. The maximum absolute atomic E-state index is 11.9. The largest absolute Gasteiger partial charge is 0.339 e. The highest BCUT2D eigenvalue weighted by molar-refractivity contribution is 5.88. The minimum Gasteiger partial charge on any atom is -0.339 e. The van der Waals surface area contributed by atoms with Crippen molar-refractivity contribution in [3.8, 4) is 0 Å². The molecule has 1 aromatic carbocycles. The molecule has 0 N–H and O–H groups in total. The fourth-order valence-corrected chi connectivity index (χ4v) is 2.64. The quantitative estimate of drug-likeness (QED) is 0.760. The van der Waals surface area contributed by atoms with Crippen LogP contribution in [0.2, 0.25) is 0 Å². The summed E-state index contributed by atoms with van der Waals surface area (Å²) in [5.74, 6) is 0.899. The number of benzene rings is 1. The lowest BCUT2D eigenvalue weighted by Crippen LogP contribution is -2.38. The van der Waals surface area contributed by atoms with E-state index >= 15 is 0 Å². The number of nitrogens with zero attached hydrogens (tertiary/aromatic N) is 1. The second kappa shape index (κ2) is 6.55. The molecule has 1 saturated heterocycles. The summed E-state index contributed by atoms with van der Waals surface area (Å²) in [5.41, 5.74) is 2.49. The summed E-state index contributed by atoms with van der Waals surface area (Å²) in [7, 11) is 0. The van der Waals surface area contributed by atoms with Crippen LogP contribution < -0.4 is 0 Å². The average Bonchev–Trinajstić information content (AvgIpc) is 2.40. The van der Waals surface area contributed by atoms with Gasteiger partial charge in [0.15, 0.2) is 0 Å². The topological polar surface area (TPSA) is 20.3 Å². The summed E-state index contributed by atoms with van der Waals surface area (Å²) in [6.07, 6.45) is 5.14. The molecular weight excluding hydrogens is 234 g/mol. The molecular formula is C17H23NO. The second-order valence-electron chi connectivity index (χ2n) is 5.68. The molecule has 1 aliphatic rings. The van der Waals surface area contributed by atoms with Crippen LogP contribution in [-0.2, 0) is 11.2 Å². The molecule has 1 aromatic rings. The van der Waals surface area contributed by atoms with Crippen LogP contribution in [0.15, 0.2) is 42.0 Å². The Morgan fingerprint density at radius 3 is 2.42 bits per heavy atom. The van der Waals surface area contributed by atoms with E-state index in [0.717, 1.165) is 43.8 Å². The molecule has 0 unspecified atom stereocenters. The first kappa shape index (κ1) is 13.9. The molecule has 2 heteroatoms. The molecule has 0 aromatic heterocycles. The van der Waals surface area contributed by atoms with Gasteiger partial charge in [-0.15, -0.1) is 0 Å². The van der Waals surface area contributed by atoms with Crippen molar-refractivity contribution in [2.75, 3.05) is 13.1 Å². The molecule has 0 saturated carbocycles. The number of hydrogen-bond donors (Lipinski definition) is 0. The zero-order valence-electron chi connectivity index (χ0n) is 11.9. The Balaban J connectivity index is 1.83. The van der Waals surface area contributed by atoms with Crippen LogP contribution in [0, 0.1) is 5.92 Å². The van der Waals surface area contributed by atoms with Crippen molar-refractivity contribution in [3.05, 3.63) is 47.5 Å². The lowest BCUT2D eigenvalue weighted by atomic mass is 9.90. The van der Waals surface area contributed by atoms with Crippen molar-refractivity contribution in [3.63, 3.8) is 0 Å². The average molecular weight is 257 g/mol. The number of hydrogen-bond acceptors (Lipinski definition) is 1. The standard InChI is InChI=1S/C17H23NO/c1-14(2)12-17(19)18-10-8-16(9-11-18)13-15-6-4-3-5-7-15/h3-7,12,16H,8-11,13H2,1-2H3. The van der Waals surface area contributed by atoms with E-state index in [9.17, 15) is 4.79 Å². The Morgan fingerprint density at radius 1 is 1.21 bits per heavy atom. The van der Waals surface area contributed by atoms with Crippen molar-refractivity contribution < 1.29 is 4.79 Å². The Labute approximate surface area is 116 Å². The van der Waals surface area contributed by atoms with E-state index < -0.39 is 0 Å². The van der Waals surface area contributed by atoms with Gasteiger partial charge in [0.25, 0.3) is 0 Å². The van der Waals surface area contributed by atoms with Gasteiger partial charge in [0.1, 0.15) is 0 Å². The Bertz CT molecular complexity index is 438. The van der Waals surface area contributed by atoms with Crippen LogP contribution in [0.5, 0.6) is 0 Å². The summed E-state index contributed by atoms with van der Waals surface area (Å²) in [4.78, 5) is 13.9. The van der Waals surface area contributed by atoms with Crippen LogP contribution in [0.4, 0.5) is 0 Å². The molecule has 0 aliphatic carbocycles. The fraction of sp³-hybridized carbons (Fsp3) is 0.471. The smallest absolute Gasteiger partial charge is 0.246 e. The van der Waals surface area contributed by atoms with Gasteiger partial charge in [-0.3, -0.25) is 4.79 Å². The molecule has 1 aliphatic heterocycles. The van der Waals surface area contributed by atoms with E-state index in [1.807, 2.05) is 18.7 Å². The van der Waals surface area contributed by atoms with Crippen LogP contribution in [0.3, 0.4) is 0 Å². The number of allylic oxidation sites excluding steroid dienone is 1. The highest BCUT2D eigenvalue weighted by Gasteiger charge is 2.21. The number of amides is 1. The molecule has 0 bridgehead atoms. The fourth-order valence-electron chi connectivity index (χ4n) is 2.64. The zero-order valence-corrected chi connectivity index (χ0v) is 11.9. The van der Waals surface area contributed by atoms with E-state index in [-0.39, 0.29) is 5.91 Å². The number of likely N-dealkylation sites (tertiary alicyclic amines) is 1. The molecule has 19 heavy (non-hydrogen) atoms. The first-order chi connectivity index (χ1) is 9.15. The SMILES string of the molecule is CC(C)=CC(=O)N1CCC(Cc2ccccc2)CC1. The van der Waals surface area contributed by atoms with E-state index in [2.05, 4.69) is 30.3 Å². The van der Waals surface area contributed by atoms with E-state index in [1.165, 1.54) is 5.56 Å². The van der Waals surface area contributed by atoms with Crippen molar-refractivity contribution >= 4 is 5.91 Å². The second-order valence-corrected chi connectivity index (χ2v) is 5.68. The molecule has 0 radical (unpaired) electrons. The van der Waals surface area contributed by atoms with Gasteiger partial charge >= 0.3 is 0 Å². The Hall–Kier alpha value is -1.57. The summed E-state index contributed by atoms with van der Waals surface area (Å²) >= 11 is 0. The van der Waals surface area contributed by atoms with Gasteiger partial charge in [-0.25, -0.2) is 0 Å². The summed E-state index contributed by atoms with van der Waals surface area (Å²) < 4.78 is 0. The summed E-state index contributed by atoms with van der Waals surface area (Å²) in [5, 5.41) is 0. The molecule has 0 spiro atoms. The molecule has 2 nitrogen and oxygen atoms in total. The zero-order chi connectivity index (χ0) is 13.7. The van der Waals surface area contributed by atoms with Crippen molar-refractivity contribution in [2.45, 2.75) is 33.1 Å². The van der Waals surface area contributed by atoms with Crippen molar-refractivity contribution in [1.29, 1.82) is 0 Å². The number of rotatable bonds is 3. The van der Waals surface area contributed by atoms with Gasteiger partial charge in [-0.05, 0) is 44.6 Å². The predicted octanol–water partition coefficient (Wildman–Crippen LogP) is 3.43. The lowest BCUT2D eigenvalue weighted by Gasteiger charge is -2.31. The third-order valence-electron chi connectivity index (χ3n) is 3.71. The Morgan fingerprint density at radius 2 is 1.84 bits per heavy atom. The third kappa shape index (κ3) is 4.23. The molecule has 0 atom stereocenters. The molecule has 1 fully saturated rings. The van der Waals surface area contributed by atoms with Crippen LogP contribution in [0.25, 0.3) is 0 Å². The van der Waals surface area contributed by atoms with Gasteiger partial charge in [0.05, 0.1) is 0 Å². The monoisotopic (exact) mass is 257 g/mol. The van der Waals surface area contributed by atoms with Crippen LogP contribution >= 0.6 is 0 Å². The first-order valence-electron chi connectivity index (χ1n) is 7.13. The van der Waals surface area contributed by atoms with Crippen LogP contribution in [-0.4, -0.2) is 23.9 Å². The van der Waals surface area contributed by atoms with Gasteiger partial charge < -0.3 is 4.90 Å². The van der Waals surface area contributed by atoms with Crippen molar-refractivity contribution in [2.24, 2.45) is 5.92 Å². The minimum absolute atomic E-state index is 0.179. The maximum atomic E-state index is 11.9. The molecule has 2 rings (SSSR count). The molecule has 102 valence electrons. The highest BCUT2D eigenvalue weighted by atomic mass is 16.2. The molecule has 1 amide bonds. The van der Waals surface area contributed by atoms with Gasteiger partial charge in [-0.1, -0.05) is 35.9 Å². The van der Waals surface area contributed by atoms with Gasteiger partial charge in [0.2, 0.25) is 5.91 Å². The predicted molar refractivity (Wildman–Crippen MR) is 78.9 cm³/mol. The summed E-state index contributed by atoms with van der Waals surface area (Å²) in [6.45, 7) is 5.75. The van der Waals surface area contributed by atoms with Crippen molar-refractivity contribution in [1.82, 2.24) is 4.90 Å². The van der Waals surface area contributed by atoms with E-state index in [0.29, 0.717) is 0 Å². The molecule has 1 heterocycles. The van der Waals surface area contributed by atoms with Gasteiger partial charge in [-0.2, -0.15) is 0 Å². The van der Waals surface area contributed by atoms with Crippen LogP contribution in [0.1, 0.15) is 32.3 Å². The van der Waals surface area contributed by atoms with E-state index in [1.54, 1.807) is 6.08 Å². The first-order valence-corrected chi connectivity index (χ1v) is 7.13. The van der Waals surface area contributed by atoms with Gasteiger partial charge in [0, 0.05) is 19.2 Å². The number of carbonyl (C=O) groups is 1.